The smallest absolute Gasteiger partial charge is 0.137 e. The lowest BCUT2D eigenvalue weighted by molar-refractivity contribution is 0.483. The van der Waals surface area contributed by atoms with Gasteiger partial charge in [-0.1, -0.05) is 238 Å². The van der Waals surface area contributed by atoms with Gasteiger partial charge in [-0.2, -0.15) is 0 Å². The van der Waals surface area contributed by atoms with Crippen LogP contribution in [0, 0.1) is 0 Å². The number of ether oxygens (including phenoxy) is 1. The van der Waals surface area contributed by atoms with Gasteiger partial charge in [-0.3, -0.25) is 4.57 Å². The van der Waals surface area contributed by atoms with Gasteiger partial charge >= 0.3 is 0 Å². The van der Waals surface area contributed by atoms with Gasteiger partial charge in [0.05, 0.1) is 50.4 Å². The van der Waals surface area contributed by atoms with E-state index in [1.54, 1.807) is 0 Å². The number of anilines is 7. The molecule has 0 saturated carbocycles. The zero-order valence-electron chi connectivity index (χ0n) is 56.9. The first kappa shape index (κ1) is 51.5. The van der Waals surface area contributed by atoms with Gasteiger partial charge in [0.25, 0.3) is 0 Å². The van der Waals surface area contributed by atoms with Crippen molar-refractivity contribution in [1.29, 1.82) is 0 Å². The van der Waals surface area contributed by atoms with Gasteiger partial charge in [-0.15, -0.1) is 0 Å². The quantitative estimate of drug-likeness (QED) is 0.152. The van der Waals surface area contributed by atoms with Crippen LogP contribution in [0.3, 0.4) is 0 Å². The van der Waals surface area contributed by atoms with Gasteiger partial charge in [0, 0.05) is 51.6 Å². The molecule has 0 unspecified atom stereocenters. The van der Waals surface area contributed by atoms with E-state index in [1.165, 1.54) is 44.5 Å². The largest absolute Gasteiger partial charge is 0.457 e. The number of benzene rings is 11. The summed E-state index contributed by atoms with van der Waals surface area (Å²) < 4.78 is 44.6. The fourth-order valence-corrected chi connectivity index (χ4v) is 14.6. The summed E-state index contributed by atoms with van der Waals surface area (Å²) in [6.45, 7) is 20.8. The zero-order valence-corrected chi connectivity index (χ0v) is 52.9. The molecule has 444 valence electrons. The summed E-state index contributed by atoms with van der Waals surface area (Å²) in [4.78, 5) is 12.3. The molecule has 2 aliphatic heterocycles. The summed E-state index contributed by atoms with van der Waals surface area (Å²) >= 11 is 0. The van der Waals surface area contributed by atoms with Gasteiger partial charge in [0.2, 0.25) is 0 Å². The van der Waals surface area contributed by atoms with Crippen LogP contribution in [0.5, 0.6) is 11.5 Å². The summed E-state index contributed by atoms with van der Waals surface area (Å²) in [6, 6.07) is 85.1. The van der Waals surface area contributed by atoms with Crippen molar-refractivity contribution in [3.63, 3.8) is 0 Å². The number of fused-ring (bicyclic) bond motifs is 13. The van der Waals surface area contributed by atoms with E-state index < -0.39 is 5.41 Å². The molecule has 4 heterocycles. The van der Waals surface area contributed by atoms with Crippen LogP contribution in [0.2, 0.25) is 0 Å². The molecule has 0 fully saturated rings. The van der Waals surface area contributed by atoms with Crippen molar-refractivity contribution >= 4 is 61.6 Å². The average Bonchev–Trinajstić information content (AvgIpc) is 1.56. The molecular weight excluding hydrogens is 1110 g/mol. The van der Waals surface area contributed by atoms with Gasteiger partial charge in [-0.05, 0) is 150 Å². The molecule has 2 aromatic heterocycles. The number of aromatic nitrogens is 2. The van der Waals surface area contributed by atoms with Crippen molar-refractivity contribution in [1.82, 2.24) is 9.55 Å². The van der Waals surface area contributed by atoms with Crippen molar-refractivity contribution in [3.05, 3.63) is 306 Å². The van der Waals surface area contributed by atoms with E-state index in [-0.39, 0.29) is 40.4 Å². The van der Waals surface area contributed by atoms with Crippen LogP contribution >= 0.6 is 0 Å². The molecule has 1 aliphatic carbocycles. The third kappa shape index (κ3) is 8.93. The molecule has 0 bridgehead atoms. The fourth-order valence-electron chi connectivity index (χ4n) is 14.6. The number of hydrogen-bond acceptors (Lipinski definition) is 5. The molecule has 11 aromatic carbocycles. The van der Waals surface area contributed by atoms with Crippen molar-refractivity contribution in [2.24, 2.45) is 0 Å². The molecule has 0 saturated heterocycles. The van der Waals surface area contributed by atoms with E-state index in [4.69, 9.17) is 13.8 Å². The number of rotatable bonds is 8. The first-order valence-electron chi connectivity index (χ1n) is 33.7. The summed E-state index contributed by atoms with van der Waals surface area (Å²) in [6.07, 6.45) is 1.85. The highest BCUT2D eigenvalue weighted by molar-refractivity contribution is 6.10. The molecule has 0 amide bonds. The van der Waals surface area contributed by atoms with E-state index in [0.717, 1.165) is 67.6 Å². The van der Waals surface area contributed by atoms with Crippen LogP contribution in [-0.4, -0.2) is 16.2 Å². The highest BCUT2D eigenvalue weighted by Crippen LogP contribution is 2.65. The molecule has 6 nitrogen and oxygen atoms in total. The normalized spacial score (nSPS) is 14.6. The Kier molecular flexibility index (Phi) is 11.8. The molecule has 0 N–H and O–H groups in total. The molecule has 91 heavy (non-hydrogen) atoms. The van der Waals surface area contributed by atoms with Crippen molar-refractivity contribution in [3.8, 4) is 50.7 Å². The van der Waals surface area contributed by atoms with Crippen LogP contribution < -0.4 is 19.4 Å². The lowest BCUT2D eigenvalue weighted by atomic mass is 9.64. The van der Waals surface area contributed by atoms with Gasteiger partial charge in [0.15, 0.2) is 0 Å². The SMILES string of the molecule is [2H]c1c([2H])c([2H])c2c(c1[2H])c1ccc(Oc3cccc(N4CN(c5c(-c6cc(C(C)(C)C)cc(C(C)(C)C)c6)cccc5-c5cccc6c5-c5ccccc5C65c6ccccc6N(c6ccccc6)c6ccccc65)c5ccccc54)c3)cc1n2-c1ccc(C(C)(C)C)cn1. The second kappa shape index (κ2) is 20.8. The minimum atomic E-state index is -0.653. The minimum absolute atomic E-state index is 0.0979. The Labute approximate surface area is 540 Å². The van der Waals surface area contributed by atoms with Crippen molar-refractivity contribution in [2.45, 2.75) is 84.0 Å². The molecule has 13 aromatic rings. The maximum atomic E-state index is 9.21. The Morgan fingerprint density at radius 1 is 0.418 bits per heavy atom. The standard InChI is InChI=1S/C85H73N5O/c1-82(2,3)56-44-47-79(86-53-56)90-73-39-18-14-30-64(73)65-46-45-62(52-78(65)90)91-61-29-23-28-60(51-61)87-54-88(77-43-22-21-42-76(77)87)81-63(55-48-57(83(4,5)6)50-58(49-55)84(7,8)9)32-24-34-67(81)66-33-25-38-72-80(66)68-31-13-15-35-69(68)85(72)70-36-16-19-40-74(70)89(59-26-11-10-12-27-59)75-41-20-17-37-71(75)85/h10-53H,54H2,1-9H3/i14D,18D,30D,39D. The van der Waals surface area contributed by atoms with E-state index in [2.05, 4.69) is 271 Å². The van der Waals surface area contributed by atoms with Crippen LogP contribution in [0.1, 0.15) is 107 Å². The summed E-state index contributed by atoms with van der Waals surface area (Å²) in [7, 11) is 0. The first-order valence-corrected chi connectivity index (χ1v) is 31.7. The van der Waals surface area contributed by atoms with E-state index in [1.807, 2.05) is 53.2 Å². The molecule has 3 aliphatic rings. The molecule has 0 atom stereocenters. The zero-order chi connectivity index (χ0) is 65.6. The van der Waals surface area contributed by atoms with Gasteiger partial charge in [0.1, 0.15) is 24.0 Å². The van der Waals surface area contributed by atoms with Crippen molar-refractivity contribution < 1.29 is 10.2 Å². The second-order valence-corrected chi connectivity index (χ2v) is 27.7. The van der Waals surface area contributed by atoms with Gasteiger partial charge < -0.3 is 19.4 Å². The van der Waals surface area contributed by atoms with Crippen LogP contribution in [0.25, 0.3) is 61.0 Å². The van der Waals surface area contributed by atoms with E-state index >= 15 is 0 Å². The maximum Gasteiger partial charge on any atom is 0.137 e. The Bertz CT molecular complexity index is 5200. The van der Waals surface area contributed by atoms with E-state index in [0.29, 0.717) is 45.8 Å². The number of nitrogens with zero attached hydrogens (tertiary/aromatic N) is 5. The third-order valence-corrected chi connectivity index (χ3v) is 19.1. The topological polar surface area (TPSA) is 36.8 Å². The lowest BCUT2D eigenvalue weighted by Gasteiger charge is -2.45. The fraction of sp³-hybridized carbons (Fsp3) is 0.165. The maximum absolute atomic E-state index is 9.21. The molecule has 0 radical (unpaired) electrons. The minimum Gasteiger partial charge on any atom is -0.457 e. The Balaban J connectivity index is 0.864. The van der Waals surface area contributed by atoms with Gasteiger partial charge in [-0.25, -0.2) is 4.98 Å². The molecule has 6 heteroatoms. The van der Waals surface area contributed by atoms with E-state index in [9.17, 15) is 1.37 Å². The molecular formula is C85H73N5O. The molecule has 16 rings (SSSR count). The van der Waals surface area contributed by atoms with Crippen LogP contribution in [-0.2, 0) is 21.7 Å². The third-order valence-electron chi connectivity index (χ3n) is 19.1. The first-order chi connectivity index (χ1) is 45.7. The Hall–Kier alpha value is -10.4. The highest BCUT2D eigenvalue weighted by atomic mass is 16.5. The summed E-state index contributed by atoms with van der Waals surface area (Å²) in [5.41, 5.74) is 23.2. The van der Waals surface area contributed by atoms with Crippen LogP contribution in [0.4, 0.5) is 39.8 Å². The average molecular weight is 1180 g/mol. The predicted molar refractivity (Wildman–Crippen MR) is 380 cm³/mol. The Morgan fingerprint density at radius 2 is 0.978 bits per heavy atom. The lowest BCUT2D eigenvalue weighted by Crippen LogP contribution is -2.36. The Morgan fingerprint density at radius 3 is 1.67 bits per heavy atom. The number of hydrogen-bond donors (Lipinski definition) is 0. The predicted octanol–water partition coefficient (Wildman–Crippen LogP) is 22.6. The second-order valence-electron chi connectivity index (χ2n) is 27.7. The highest BCUT2D eigenvalue weighted by Gasteiger charge is 2.52. The monoisotopic (exact) mass is 1180 g/mol. The summed E-state index contributed by atoms with van der Waals surface area (Å²) in [5, 5.41) is 1.11. The molecule has 1 spiro atoms. The summed E-state index contributed by atoms with van der Waals surface area (Å²) in [5.74, 6) is 1.71. The van der Waals surface area contributed by atoms with Crippen molar-refractivity contribution in [2.75, 3.05) is 21.4 Å². The number of para-hydroxylation sites is 7. The van der Waals surface area contributed by atoms with Crippen LogP contribution in [0.15, 0.2) is 267 Å². The number of pyridine rings is 1.